The van der Waals surface area contributed by atoms with Crippen molar-refractivity contribution in [1.29, 1.82) is 0 Å². The average Bonchev–Trinajstić information content (AvgIpc) is 2.92. The molecule has 1 aromatic rings. The van der Waals surface area contributed by atoms with E-state index in [1.807, 2.05) is 18.5 Å². The quantitative estimate of drug-likeness (QED) is 0.590. The molecule has 21 heavy (non-hydrogen) atoms. The van der Waals surface area contributed by atoms with Crippen molar-refractivity contribution in [1.82, 2.24) is 4.90 Å². The zero-order chi connectivity index (χ0) is 15.5. The average molecular weight is 307 g/mol. The first kappa shape index (κ1) is 17.7. The zero-order valence-electron chi connectivity index (χ0n) is 13.0. The van der Waals surface area contributed by atoms with Gasteiger partial charge in [0, 0.05) is 20.0 Å². The third-order valence-corrected chi connectivity index (χ3v) is 4.18. The molecule has 1 N–H and O–H groups in total. The van der Waals surface area contributed by atoms with Crippen molar-refractivity contribution >= 4 is 17.2 Å². The molecule has 1 amide bonds. The molecule has 3 nitrogen and oxygen atoms in total. The molecule has 0 spiro atoms. The number of unbranched alkanes of at least 4 members (excludes halogenated alkanes) is 4. The normalized spacial score (nSPS) is 10.0. The lowest BCUT2D eigenvalue weighted by Gasteiger charge is -2.16. The lowest BCUT2D eigenvalue weighted by molar-refractivity contribution is -0.130. The van der Waals surface area contributed by atoms with Gasteiger partial charge < -0.3 is 10.0 Å². The fraction of sp³-hybridized carbons (Fsp3) is 0.588. The van der Waals surface area contributed by atoms with Gasteiger partial charge in [0.1, 0.15) is 6.61 Å². The van der Waals surface area contributed by atoms with Crippen LogP contribution in [-0.2, 0) is 11.3 Å². The number of aliphatic hydroxyl groups is 1. The first-order valence-electron chi connectivity index (χ1n) is 7.58. The van der Waals surface area contributed by atoms with Crippen LogP contribution in [0.15, 0.2) is 11.4 Å². The second kappa shape index (κ2) is 10.4. The molecule has 0 fully saturated rings. The van der Waals surface area contributed by atoms with E-state index in [0.717, 1.165) is 23.3 Å². The van der Waals surface area contributed by atoms with Crippen LogP contribution in [0.2, 0.25) is 0 Å². The van der Waals surface area contributed by atoms with E-state index in [-0.39, 0.29) is 12.5 Å². The Morgan fingerprint density at radius 2 is 2.10 bits per heavy atom. The second-order valence-corrected chi connectivity index (χ2v) is 6.10. The number of aliphatic hydroxyl groups excluding tert-OH is 1. The number of nitrogens with zero attached hydrogens (tertiary/aromatic N) is 1. The van der Waals surface area contributed by atoms with Crippen LogP contribution in [0, 0.1) is 11.8 Å². The molecule has 4 heteroatoms. The smallest absolute Gasteiger partial charge is 0.222 e. The van der Waals surface area contributed by atoms with Crippen molar-refractivity contribution in [2.24, 2.45) is 0 Å². The van der Waals surface area contributed by atoms with Crippen molar-refractivity contribution < 1.29 is 9.90 Å². The van der Waals surface area contributed by atoms with Crippen LogP contribution in [0.1, 0.15) is 55.9 Å². The van der Waals surface area contributed by atoms with Gasteiger partial charge in [-0.25, -0.2) is 0 Å². The van der Waals surface area contributed by atoms with Gasteiger partial charge in [0.25, 0.3) is 0 Å². The van der Waals surface area contributed by atoms with Crippen molar-refractivity contribution in [3.63, 3.8) is 0 Å². The van der Waals surface area contributed by atoms with Crippen LogP contribution in [0.5, 0.6) is 0 Å². The summed E-state index contributed by atoms with van der Waals surface area (Å²) in [5.41, 5.74) is 1.10. The van der Waals surface area contributed by atoms with Gasteiger partial charge in [-0.2, -0.15) is 0 Å². The fourth-order valence-corrected chi connectivity index (χ4v) is 2.85. The largest absolute Gasteiger partial charge is 0.384 e. The third-order valence-electron chi connectivity index (χ3n) is 3.28. The van der Waals surface area contributed by atoms with Gasteiger partial charge in [0.05, 0.1) is 4.88 Å². The van der Waals surface area contributed by atoms with Gasteiger partial charge >= 0.3 is 0 Å². The minimum atomic E-state index is -0.121. The number of hydrogen-bond donors (Lipinski definition) is 1. The summed E-state index contributed by atoms with van der Waals surface area (Å²) in [5.74, 6) is 5.73. The Balaban J connectivity index is 2.33. The molecule has 0 aliphatic carbocycles. The first-order chi connectivity index (χ1) is 10.2. The highest BCUT2D eigenvalue weighted by Gasteiger charge is 2.09. The monoisotopic (exact) mass is 307 g/mol. The number of rotatable bonds is 8. The van der Waals surface area contributed by atoms with Crippen LogP contribution < -0.4 is 0 Å². The van der Waals surface area contributed by atoms with E-state index >= 15 is 0 Å². The van der Waals surface area contributed by atoms with E-state index in [0.29, 0.717) is 13.0 Å². The van der Waals surface area contributed by atoms with Gasteiger partial charge in [-0.1, -0.05) is 44.4 Å². The Bertz CT molecular complexity index is 484. The minimum absolute atomic E-state index is 0.121. The lowest BCUT2D eigenvalue weighted by atomic mass is 10.1. The number of hydrogen-bond acceptors (Lipinski definition) is 3. The third kappa shape index (κ3) is 7.31. The summed E-state index contributed by atoms with van der Waals surface area (Å²) in [5, 5.41) is 10.7. The van der Waals surface area contributed by atoms with Crippen LogP contribution in [0.25, 0.3) is 0 Å². The maximum absolute atomic E-state index is 12.0. The van der Waals surface area contributed by atoms with Gasteiger partial charge in [0.15, 0.2) is 0 Å². The van der Waals surface area contributed by atoms with E-state index in [4.69, 9.17) is 5.11 Å². The summed E-state index contributed by atoms with van der Waals surface area (Å²) in [4.78, 5) is 14.7. The SMILES string of the molecule is CCCCCCCC(=O)N(C)Cc1csc(C#CCO)c1. The number of amides is 1. The minimum Gasteiger partial charge on any atom is -0.384 e. The van der Waals surface area contributed by atoms with E-state index in [1.165, 1.54) is 19.3 Å². The summed E-state index contributed by atoms with van der Waals surface area (Å²) < 4.78 is 0. The molecule has 1 rings (SSSR count). The van der Waals surface area contributed by atoms with E-state index in [1.54, 1.807) is 16.2 Å². The molecule has 0 aliphatic heterocycles. The number of carbonyl (C=O) groups is 1. The van der Waals surface area contributed by atoms with Gasteiger partial charge in [-0.05, 0) is 23.4 Å². The molecule has 0 radical (unpaired) electrons. The Hall–Kier alpha value is -1.31. The molecule has 0 atom stereocenters. The molecular formula is C17H25NO2S. The molecule has 0 unspecified atom stereocenters. The van der Waals surface area contributed by atoms with Crippen molar-refractivity contribution in [2.75, 3.05) is 13.7 Å². The van der Waals surface area contributed by atoms with E-state index in [9.17, 15) is 4.79 Å². The Kier molecular flexibility index (Phi) is 8.80. The molecule has 0 saturated heterocycles. The fourth-order valence-electron chi connectivity index (χ4n) is 2.08. The Morgan fingerprint density at radius 3 is 2.81 bits per heavy atom. The number of carbonyl (C=O) groups excluding carboxylic acids is 1. The summed E-state index contributed by atoms with van der Waals surface area (Å²) in [6.07, 6.45) is 6.49. The molecule has 1 heterocycles. The predicted octanol–water partition coefficient (Wildman–Crippen LogP) is 3.41. The molecule has 1 aromatic heterocycles. The van der Waals surface area contributed by atoms with Gasteiger partial charge in [-0.3, -0.25) is 4.79 Å². The lowest BCUT2D eigenvalue weighted by Crippen LogP contribution is -2.25. The van der Waals surface area contributed by atoms with Crippen molar-refractivity contribution in [3.8, 4) is 11.8 Å². The number of thiophene rings is 1. The topological polar surface area (TPSA) is 40.5 Å². The molecular weight excluding hydrogens is 282 g/mol. The summed E-state index contributed by atoms with van der Waals surface area (Å²) in [6, 6.07) is 1.98. The standard InChI is InChI=1S/C17H25NO2S/c1-3-4-5-6-7-10-17(20)18(2)13-15-12-16(21-14-15)9-8-11-19/h12,14,19H,3-7,10-11,13H2,1-2H3. The molecule has 0 aliphatic rings. The van der Waals surface area contributed by atoms with Crippen LogP contribution in [0.3, 0.4) is 0 Å². The van der Waals surface area contributed by atoms with Crippen molar-refractivity contribution in [2.45, 2.75) is 52.0 Å². The molecule has 0 bridgehead atoms. The molecule has 116 valence electrons. The summed E-state index contributed by atoms with van der Waals surface area (Å²) >= 11 is 1.55. The predicted molar refractivity (Wildman–Crippen MR) is 88.1 cm³/mol. The summed E-state index contributed by atoms with van der Waals surface area (Å²) in [6.45, 7) is 2.70. The van der Waals surface area contributed by atoms with E-state index < -0.39 is 0 Å². The Labute approximate surface area is 132 Å². The van der Waals surface area contributed by atoms with Gasteiger partial charge in [0.2, 0.25) is 5.91 Å². The molecule has 0 saturated carbocycles. The Morgan fingerprint density at radius 1 is 1.33 bits per heavy atom. The first-order valence-corrected chi connectivity index (χ1v) is 8.46. The summed E-state index contributed by atoms with van der Waals surface area (Å²) in [7, 11) is 1.85. The highest BCUT2D eigenvalue weighted by atomic mass is 32.1. The van der Waals surface area contributed by atoms with Crippen LogP contribution >= 0.6 is 11.3 Å². The maximum Gasteiger partial charge on any atom is 0.222 e. The highest BCUT2D eigenvalue weighted by molar-refractivity contribution is 7.10. The zero-order valence-corrected chi connectivity index (χ0v) is 13.8. The highest BCUT2D eigenvalue weighted by Crippen LogP contribution is 2.16. The second-order valence-electron chi connectivity index (χ2n) is 5.19. The van der Waals surface area contributed by atoms with Crippen LogP contribution in [-0.4, -0.2) is 29.6 Å². The van der Waals surface area contributed by atoms with Crippen molar-refractivity contribution in [3.05, 3.63) is 21.9 Å². The van der Waals surface area contributed by atoms with Crippen LogP contribution in [0.4, 0.5) is 0 Å². The maximum atomic E-state index is 12.0. The molecule has 0 aromatic carbocycles. The van der Waals surface area contributed by atoms with E-state index in [2.05, 4.69) is 18.8 Å². The van der Waals surface area contributed by atoms with Gasteiger partial charge in [-0.15, -0.1) is 11.3 Å².